The summed E-state index contributed by atoms with van der Waals surface area (Å²) in [7, 11) is 1.56. The van der Waals surface area contributed by atoms with E-state index in [1.165, 1.54) is 4.90 Å². The zero-order valence-corrected chi connectivity index (χ0v) is 24.0. The van der Waals surface area contributed by atoms with Gasteiger partial charge in [0.2, 0.25) is 17.7 Å². The summed E-state index contributed by atoms with van der Waals surface area (Å²) in [5.41, 5.74) is 1.85. The largest absolute Gasteiger partial charge is 0.497 e. The SMILES string of the molecule is COc1cccc(N2C[C@H](C(=O)Oc3ccc(N4C(=O)[C@@H]5[C@H]6C[C@@H]([C@H](Br)[C@H]6Br)[C@@H]5C4=O)c(C)c3)CC2=O)c1. The fraction of sp³-hybridized carbons (Fsp3) is 0.429. The van der Waals surface area contributed by atoms with E-state index in [1.807, 2.05) is 0 Å². The van der Waals surface area contributed by atoms with Crippen LogP contribution in [0.4, 0.5) is 11.4 Å². The van der Waals surface area contributed by atoms with Crippen molar-refractivity contribution in [2.75, 3.05) is 23.5 Å². The summed E-state index contributed by atoms with van der Waals surface area (Å²) in [4.78, 5) is 55.6. The number of aryl methyl sites for hydroxylation is 1. The van der Waals surface area contributed by atoms with Gasteiger partial charge in [-0.15, -0.1) is 0 Å². The number of nitrogens with zero attached hydrogens (tertiary/aromatic N) is 2. The van der Waals surface area contributed by atoms with E-state index < -0.39 is 11.9 Å². The number of carbonyl (C=O) groups excluding carboxylic acids is 4. The van der Waals surface area contributed by atoms with Crippen LogP contribution in [-0.4, -0.2) is 47.0 Å². The molecule has 2 bridgehead atoms. The first kappa shape index (κ1) is 25.6. The van der Waals surface area contributed by atoms with Crippen molar-refractivity contribution in [1.82, 2.24) is 0 Å². The lowest BCUT2D eigenvalue weighted by atomic mass is 9.81. The number of esters is 1. The molecule has 2 saturated heterocycles. The maximum absolute atomic E-state index is 13.4. The van der Waals surface area contributed by atoms with Gasteiger partial charge < -0.3 is 14.4 Å². The van der Waals surface area contributed by atoms with Crippen LogP contribution in [0.3, 0.4) is 0 Å². The molecule has 2 aliphatic carbocycles. The van der Waals surface area contributed by atoms with Crippen LogP contribution in [0.15, 0.2) is 42.5 Å². The van der Waals surface area contributed by atoms with Crippen molar-refractivity contribution in [3.63, 3.8) is 0 Å². The molecule has 38 heavy (non-hydrogen) atoms. The van der Waals surface area contributed by atoms with Crippen LogP contribution >= 0.6 is 31.9 Å². The number of halogens is 2. The number of rotatable bonds is 5. The van der Waals surface area contributed by atoms with Crippen molar-refractivity contribution < 1.29 is 28.7 Å². The Morgan fingerprint density at radius 2 is 1.63 bits per heavy atom. The number of amides is 3. The third-order valence-electron chi connectivity index (χ3n) is 8.44. The summed E-state index contributed by atoms with van der Waals surface area (Å²) < 4.78 is 10.9. The first-order chi connectivity index (χ1) is 18.2. The average molecular weight is 646 g/mol. The number of hydrogen-bond acceptors (Lipinski definition) is 6. The van der Waals surface area contributed by atoms with Crippen molar-refractivity contribution in [3.8, 4) is 11.5 Å². The van der Waals surface area contributed by atoms with E-state index in [2.05, 4.69) is 31.9 Å². The quantitative estimate of drug-likeness (QED) is 0.209. The summed E-state index contributed by atoms with van der Waals surface area (Å²) in [5, 5.41) is 0. The molecule has 7 atom stereocenters. The minimum absolute atomic E-state index is 0.0537. The lowest BCUT2D eigenvalue weighted by Crippen LogP contribution is -2.37. The van der Waals surface area contributed by atoms with Crippen molar-refractivity contribution in [2.24, 2.45) is 29.6 Å². The van der Waals surface area contributed by atoms with Crippen molar-refractivity contribution >= 4 is 66.9 Å². The molecule has 0 spiro atoms. The Bertz CT molecular complexity index is 1330. The Morgan fingerprint density at radius 1 is 0.947 bits per heavy atom. The second-order valence-corrected chi connectivity index (χ2v) is 12.6. The average Bonchev–Trinajstić information content (AvgIpc) is 3.62. The Kier molecular flexibility index (Phi) is 6.38. The van der Waals surface area contributed by atoms with Gasteiger partial charge in [0.1, 0.15) is 11.5 Å². The molecule has 198 valence electrons. The highest BCUT2D eigenvalue weighted by atomic mass is 79.9. The number of hydrogen-bond donors (Lipinski definition) is 0. The van der Waals surface area contributed by atoms with Crippen LogP contribution in [0.25, 0.3) is 0 Å². The van der Waals surface area contributed by atoms with Crippen LogP contribution in [0.2, 0.25) is 0 Å². The van der Waals surface area contributed by atoms with Gasteiger partial charge in [-0.1, -0.05) is 37.9 Å². The van der Waals surface area contributed by atoms with E-state index in [9.17, 15) is 19.2 Å². The maximum atomic E-state index is 13.4. The van der Waals surface area contributed by atoms with Crippen LogP contribution in [0.1, 0.15) is 18.4 Å². The van der Waals surface area contributed by atoms with Crippen molar-refractivity contribution in [1.29, 1.82) is 0 Å². The van der Waals surface area contributed by atoms with E-state index >= 15 is 0 Å². The molecule has 2 aromatic carbocycles. The highest BCUT2D eigenvalue weighted by molar-refractivity contribution is 9.12. The zero-order chi connectivity index (χ0) is 26.9. The van der Waals surface area contributed by atoms with E-state index in [0.29, 0.717) is 28.4 Å². The van der Waals surface area contributed by atoms with E-state index in [1.54, 1.807) is 61.4 Å². The lowest BCUT2D eigenvalue weighted by Gasteiger charge is -2.28. The number of fused-ring (bicyclic) bond motifs is 5. The minimum atomic E-state index is -0.611. The van der Waals surface area contributed by atoms with Gasteiger partial charge in [0.05, 0.1) is 30.6 Å². The normalized spacial score (nSPS) is 31.8. The summed E-state index contributed by atoms with van der Waals surface area (Å²) in [6.07, 6.45) is 0.928. The highest BCUT2D eigenvalue weighted by Crippen LogP contribution is 2.60. The molecule has 2 aliphatic heterocycles. The monoisotopic (exact) mass is 644 g/mol. The molecule has 2 aromatic rings. The van der Waals surface area contributed by atoms with Gasteiger partial charge in [0.15, 0.2) is 0 Å². The van der Waals surface area contributed by atoms with E-state index in [4.69, 9.17) is 9.47 Å². The number of methoxy groups -OCH3 is 1. The van der Waals surface area contributed by atoms with Crippen LogP contribution in [-0.2, 0) is 19.2 Å². The third kappa shape index (κ3) is 3.90. The first-order valence-corrected chi connectivity index (χ1v) is 14.5. The number of ether oxygens (including phenoxy) is 2. The molecule has 8 nitrogen and oxygen atoms in total. The topological polar surface area (TPSA) is 93.2 Å². The van der Waals surface area contributed by atoms with Gasteiger partial charge in [-0.25, -0.2) is 4.90 Å². The fourth-order valence-corrected chi connectivity index (χ4v) is 8.49. The van der Waals surface area contributed by atoms with Crippen LogP contribution in [0.5, 0.6) is 11.5 Å². The molecule has 0 aromatic heterocycles. The molecule has 0 N–H and O–H groups in total. The maximum Gasteiger partial charge on any atom is 0.316 e. The molecule has 0 radical (unpaired) electrons. The molecule has 3 amide bonds. The minimum Gasteiger partial charge on any atom is -0.497 e. The summed E-state index contributed by atoms with van der Waals surface area (Å²) in [5.74, 6) is -0.937. The van der Waals surface area contributed by atoms with Gasteiger partial charge in [0, 0.05) is 34.4 Å². The Labute approximate surface area is 236 Å². The molecule has 10 heteroatoms. The fourth-order valence-electron chi connectivity index (χ4n) is 6.62. The van der Waals surface area contributed by atoms with Crippen molar-refractivity contribution in [3.05, 3.63) is 48.0 Å². The molecule has 4 fully saturated rings. The molecular formula is C28H26Br2N2O6. The number of benzene rings is 2. The molecule has 0 unspecified atom stereocenters. The summed E-state index contributed by atoms with van der Waals surface area (Å²) >= 11 is 7.43. The standard InChI is InChI=1S/C28H26Br2N2O6/c1-13-8-17(38-28(36)14-9-21(33)31(12-14)15-4-3-5-16(10-15)37-2)6-7-20(13)32-26(34)22-18-11-19(23(22)27(32)35)25(30)24(18)29/h3-8,10,14,18-19,22-25H,9,11-12H2,1-2H3/t14-,18-,19-,22-,23+,24+,25+/m1/s1. The summed E-state index contributed by atoms with van der Waals surface area (Å²) in [6, 6.07) is 12.1. The predicted octanol–water partition coefficient (Wildman–Crippen LogP) is 4.24. The number of anilines is 2. The van der Waals surface area contributed by atoms with Gasteiger partial charge >= 0.3 is 5.97 Å². The second-order valence-electron chi connectivity index (χ2n) is 10.5. The van der Waals surface area contributed by atoms with Gasteiger partial charge in [-0.3, -0.25) is 19.2 Å². The second kappa shape index (κ2) is 9.48. The molecule has 4 aliphatic rings. The first-order valence-electron chi connectivity index (χ1n) is 12.6. The lowest BCUT2D eigenvalue weighted by molar-refractivity contribution is -0.139. The predicted molar refractivity (Wildman–Crippen MR) is 147 cm³/mol. The van der Waals surface area contributed by atoms with Crippen LogP contribution in [0, 0.1) is 36.5 Å². The molecule has 2 heterocycles. The van der Waals surface area contributed by atoms with E-state index in [-0.39, 0.29) is 64.0 Å². The number of carbonyl (C=O) groups is 4. The molecule has 6 rings (SSSR count). The van der Waals surface area contributed by atoms with Gasteiger partial charge in [0.25, 0.3) is 0 Å². The smallest absolute Gasteiger partial charge is 0.316 e. The number of imide groups is 1. The Balaban J connectivity index is 1.16. The van der Waals surface area contributed by atoms with Crippen molar-refractivity contribution in [2.45, 2.75) is 29.4 Å². The Hall–Kier alpha value is -2.72. The number of alkyl halides is 2. The summed E-state index contributed by atoms with van der Waals surface area (Å²) in [6.45, 7) is 2.01. The highest BCUT2D eigenvalue weighted by Gasteiger charge is 2.66. The molecule has 2 saturated carbocycles. The molecular weight excluding hydrogens is 620 g/mol. The van der Waals surface area contributed by atoms with Gasteiger partial charge in [-0.05, 0) is 61.1 Å². The van der Waals surface area contributed by atoms with Gasteiger partial charge in [-0.2, -0.15) is 0 Å². The van der Waals surface area contributed by atoms with Crippen LogP contribution < -0.4 is 19.3 Å². The Morgan fingerprint density at radius 3 is 2.26 bits per heavy atom. The zero-order valence-electron chi connectivity index (χ0n) is 20.8. The third-order valence-corrected chi connectivity index (χ3v) is 11.6. The van der Waals surface area contributed by atoms with E-state index in [0.717, 1.165) is 6.42 Å².